The van der Waals surface area contributed by atoms with E-state index in [9.17, 15) is 9.59 Å². The summed E-state index contributed by atoms with van der Waals surface area (Å²) >= 11 is 1.17. The molecular formula is C8H8N6O2S. The number of hydrogen-bond acceptors (Lipinski definition) is 6. The molecule has 0 fully saturated rings. The van der Waals surface area contributed by atoms with Crippen molar-refractivity contribution in [3.8, 4) is 0 Å². The molecule has 2 aromatic rings. The monoisotopic (exact) mass is 252 g/mol. The van der Waals surface area contributed by atoms with Crippen LogP contribution in [0.1, 0.15) is 17.4 Å². The highest BCUT2D eigenvalue weighted by atomic mass is 32.1. The lowest BCUT2D eigenvalue weighted by atomic mass is 10.4. The van der Waals surface area contributed by atoms with Crippen molar-refractivity contribution in [1.82, 2.24) is 20.2 Å². The van der Waals surface area contributed by atoms with Gasteiger partial charge in [0.15, 0.2) is 5.13 Å². The van der Waals surface area contributed by atoms with Crippen molar-refractivity contribution in [3.63, 3.8) is 0 Å². The topological polar surface area (TPSA) is 113 Å². The largest absolute Gasteiger partial charge is 0.302 e. The van der Waals surface area contributed by atoms with Gasteiger partial charge in [0.05, 0.1) is 0 Å². The number of nitrogens with zero attached hydrogens (tertiary/aromatic N) is 3. The zero-order chi connectivity index (χ0) is 12.3. The van der Waals surface area contributed by atoms with Crippen molar-refractivity contribution < 1.29 is 9.59 Å². The maximum absolute atomic E-state index is 11.6. The van der Waals surface area contributed by atoms with E-state index in [1.54, 1.807) is 0 Å². The van der Waals surface area contributed by atoms with Gasteiger partial charge in [-0.1, -0.05) is 0 Å². The van der Waals surface area contributed by atoms with Gasteiger partial charge < -0.3 is 5.32 Å². The van der Waals surface area contributed by atoms with Crippen molar-refractivity contribution in [2.75, 3.05) is 10.6 Å². The molecule has 2 aromatic heterocycles. The third-order valence-corrected chi connectivity index (χ3v) is 2.42. The van der Waals surface area contributed by atoms with Crippen LogP contribution in [0, 0.1) is 0 Å². The van der Waals surface area contributed by atoms with Crippen molar-refractivity contribution in [3.05, 3.63) is 17.4 Å². The molecule has 0 aliphatic heterocycles. The summed E-state index contributed by atoms with van der Waals surface area (Å²) in [5.74, 6) is -0.416. The highest BCUT2D eigenvalue weighted by Crippen LogP contribution is 2.15. The van der Waals surface area contributed by atoms with Gasteiger partial charge in [0.1, 0.15) is 12.0 Å². The van der Waals surface area contributed by atoms with Crippen LogP contribution in [0.25, 0.3) is 0 Å². The molecule has 8 nitrogen and oxygen atoms in total. The summed E-state index contributed by atoms with van der Waals surface area (Å²) in [6, 6.07) is 0. The number of carbonyl (C=O) groups excluding carboxylic acids is 2. The molecule has 2 heterocycles. The molecule has 17 heavy (non-hydrogen) atoms. The number of aromatic amines is 1. The second kappa shape index (κ2) is 4.70. The van der Waals surface area contributed by atoms with Gasteiger partial charge in [-0.15, -0.1) is 11.3 Å². The lowest BCUT2D eigenvalue weighted by molar-refractivity contribution is -0.114. The van der Waals surface area contributed by atoms with Crippen molar-refractivity contribution >= 4 is 34.2 Å². The summed E-state index contributed by atoms with van der Waals surface area (Å²) in [5.41, 5.74) is 0.204. The number of rotatable bonds is 3. The molecule has 9 heteroatoms. The molecule has 0 aliphatic rings. The fourth-order valence-corrected chi connectivity index (χ4v) is 1.76. The molecular weight excluding hydrogens is 244 g/mol. The Kier molecular flexibility index (Phi) is 3.10. The normalized spacial score (nSPS) is 9.94. The Hall–Kier alpha value is -2.29. The second-order valence-electron chi connectivity index (χ2n) is 3.01. The van der Waals surface area contributed by atoms with Crippen LogP contribution >= 0.6 is 11.3 Å². The Labute approximate surface area is 99.5 Å². The maximum Gasteiger partial charge on any atom is 0.277 e. The molecule has 0 atom stereocenters. The summed E-state index contributed by atoms with van der Waals surface area (Å²) in [6.45, 7) is 1.37. The SMILES string of the molecule is CC(=O)Nc1nc(C(=O)Nc2ncn[nH]2)cs1. The summed E-state index contributed by atoms with van der Waals surface area (Å²) in [6.07, 6.45) is 1.28. The first-order valence-corrected chi connectivity index (χ1v) is 5.43. The van der Waals surface area contributed by atoms with Crippen LogP contribution in [0.5, 0.6) is 0 Å². The lowest BCUT2D eigenvalue weighted by Gasteiger charge is -1.97. The highest BCUT2D eigenvalue weighted by Gasteiger charge is 2.12. The summed E-state index contributed by atoms with van der Waals surface area (Å²) in [4.78, 5) is 30.1. The van der Waals surface area contributed by atoms with Gasteiger partial charge in [-0.3, -0.25) is 14.9 Å². The van der Waals surface area contributed by atoms with Gasteiger partial charge in [-0.2, -0.15) is 10.1 Å². The zero-order valence-corrected chi connectivity index (χ0v) is 9.54. The molecule has 2 amide bonds. The Bertz CT molecular complexity index is 534. The Balaban J connectivity index is 2.04. The number of aromatic nitrogens is 4. The van der Waals surface area contributed by atoms with E-state index in [4.69, 9.17) is 0 Å². The van der Waals surface area contributed by atoms with E-state index in [1.165, 1.54) is 30.0 Å². The molecule has 0 aliphatic carbocycles. The van der Waals surface area contributed by atoms with Crippen LogP contribution in [0.2, 0.25) is 0 Å². The fraction of sp³-hybridized carbons (Fsp3) is 0.125. The quantitative estimate of drug-likeness (QED) is 0.735. The van der Waals surface area contributed by atoms with E-state index in [0.717, 1.165) is 0 Å². The number of anilines is 2. The highest BCUT2D eigenvalue weighted by molar-refractivity contribution is 7.14. The summed E-state index contributed by atoms with van der Waals surface area (Å²) in [5, 5.41) is 13.0. The first-order valence-electron chi connectivity index (χ1n) is 4.55. The first-order chi connectivity index (χ1) is 8.15. The van der Waals surface area contributed by atoms with Crippen LogP contribution in [-0.4, -0.2) is 32.0 Å². The molecule has 88 valence electrons. The van der Waals surface area contributed by atoms with Gasteiger partial charge in [0.25, 0.3) is 5.91 Å². The third kappa shape index (κ3) is 2.84. The van der Waals surface area contributed by atoms with E-state index in [-0.39, 0.29) is 17.5 Å². The Morgan fingerprint density at radius 3 is 2.88 bits per heavy atom. The molecule has 0 radical (unpaired) electrons. The first kappa shape index (κ1) is 11.2. The van der Waals surface area contributed by atoms with Gasteiger partial charge in [-0.25, -0.2) is 10.1 Å². The number of carbonyl (C=O) groups is 2. The van der Waals surface area contributed by atoms with E-state index in [1.807, 2.05) is 0 Å². The minimum absolute atomic E-state index is 0.204. The van der Waals surface area contributed by atoms with Crippen molar-refractivity contribution in [2.24, 2.45) is 0 Å². The lowest BCUT2D eigenvalue weighted by Crippen LogP contribution is -2.14. The number of hydrogen-bond donors (Lipinski definition) is 3. The van der Waals surface area contributed by atoms with E-state index in [2.05, 4.69) is 30.8 Å². The molecule has 2 rings (SSSR count). The van der Waals surface area contributed by atoms with Gasteiger partial charge in [0, 0.05) is 12.3 Å². The Morgan fingerprint density at radius 2 is 2.24 bits per heavy atom. The third-order valence-electron chi connectivity index (χ3n) is 1.67. The van der Waals surface area contributed by atoms with Crippen LogP contribution in [-0.2, 0) is 4.79 Å². The molecule has 0 spiro atoms. The molecule has 0 aromatic carbocycles. The number of thiazole rings is 1. The van der Waals surface area contributed by atoms with Crippen LogP contribution in [0.15, 0.2) is 11.7 Å². The maximum atomic E-state index is 11.6. The standard InChI is InChI=1S/C8H8N6O2S/c1-4(15)11-8-12-5(2-17-8)6(16)13-7-9-3-10-14-7/h2-3H,1H3,(H,11,12,15)(H2,9,10,13,14,16). The van der Waals surface area contributed by atoms with Crippen LogP contribution < -0.4 is 10.6 Å². The Morgan fingerprint density at radius 1 is 1.41 bits per heavy atom. The molecule has 0 saturated carbocycles. The second-order valence-corrected chi connectivity index (χ2v) is 3.87. The zero-order valence-electron chi connectivity index (χ0n) is 8.72. The van der Waals surface area contributed by atoms with Gasteiger partial charge in [0.2, 0.25) is 11.9 Å². The predicted octanol–water partition coefficient (Wildman–Crippen LogP) is 0.472. The summed E-state index contributed by atoms with van der Waals surface area (Å²) < 4.78 is 0. The smallest absolute Gasteiger partial charge is 0.277 e. The summed E-state index contributed by atoms with van der Waals surface area (Å²) in [7, 11) is 0. The minimum atomic E-state index is -0.422. The number of nitrogens with one attached hydrogen (secondary N) is 3. The number of H-pyrrole nitrogens is 1. The van der Waals surface area contributed by atoms with Crippen molar-refractivity contribution in [1.29, 1.82) is 0 Å². The predicted molar refractivity (Wildman–Crippen MR) is 60.8 cm³/mol. The van der Waals surface area contributed by atoms with Crippen molar-refractivity contribution in [2.45, 2.75) is 6.92 Å². The van der Waals surface area contributed by atoms with E-state index >= 15 is 0 Å². The molecule has 0 bridgehead atoms. The van der Waals surface area contributed by atoms with E-state index in [0.29, 0.717) is 5.13 Å². The fourth-order valence-electron chi connectivity index (χ4n) is 1.02. The molecule has 3 N–H and O–H groups in total. The molecule has 0 unspecified atom stereocenters. The number of amides is 2. The van der Waals surface area contributed by atoms with E-state index < -0.39 is 5.91 Å². The van der Waals surface area contributed by atoms with Crippen LogP contribution in [0.3, 0.4) is 0 Å². The van der Waals surface area contributed by atoms with Gasteiger partial charge in [-0.05, 0) is 0 Å². The van der Waals surface area contributed by atoms with Crippen LogP contribution in [0.4, 0.5) is 11.1 Å². The molecule has 0 saturated heterocycles. The average molecular weight is 252 g/mol. The average Bonchev–Trinajstić information content (AvgIpc) is 2.87. The van der Waals surface area contributed by atoms with Gasteiger partial charge >= 0.3 is 0 Å². The minimum Gasteiger partial charge on any atom is -0.302 e.